The molecule has 0 amide bonds. The summed E-state index contributed by atoms with van der Waals surface area (Å²) in [4.78, 5) is 0. The predicted octanol–water partition coefficient (Wildman–Crippen LogP) is 3.05. The molecule has 4 heteroatoms. The Balaban J connectivity index is 3.94. The van der Waals surface area contributed by atoms with Crippen molar-refractivity contribution in [3.8, 4) is 0 Å². The summed E-state index contributed by atoms with van der Waals surface area (Å²) < 4.78 is 40.3. The van der Waals surface area contributed by atoms with Crippen LogP contribution in [0.1, 0.15) is 13.3 Å². The molecule has 0 bridgehead atoms. The highest BCUT2D eigenvalue weighted by molar-refractivity contribution is 5.10. The first-order valence-corrected chi connectivity index (χ1v) is 3.43. The van der Waals surface area contributed by atoms with Gasteiger partial charge >= 0.3 is 6.18 Å². The molecule has 0 aromatic carbocycles. The number of ether oxygens (including phenoxy) is 1. The summed E-state index contributed by atoms with van der Waals surface area (Å²) in [6.45, 7) is 8.20. The van der Waals surface area contributed by atoms with Crippen LogP contribution in [0.4, 0.5) is 13.2 Å². The van der Waals surface area contributed by atoms with Gasteiger partial charge < -0.3 is 4.74 Å². The zero-order valence-corrected chi connectivity index (χ0v) is 6.87. The lowest BCUT2D eigenvalue weighted by Gasteiger charge is -2.11. The van der Waals surface area contributed by atoms with Gasteiger partial charge in [0.2, 0.25) is 0 Å². The van der Waals surface area contributed by atoms with Gasteiger partial charge in [0.25, 0.3) is 0 Å². The summed E-state index contributed by atoms with van der Waals surface area (Å²) in [5.41, 5.74) is -0.832. The molecule has 70 valence electrons. The highest BCUT2D eigenvalue weighted by atomic mass is 19.4. The lowest BCUT2D eigenvalue weighted by Crippen LogP contribution is -2.11. The van der Waals surface area contributed by atoms with Crippen LogP contribution in [0.2, 0.25) is 0 Å². The Morgan fingerprint density at radius 3 is 2.17 bits per heavy atom. The fraction of sp³-hybridized carbons (Fsp3) is 0.500. The molecule has 0 atom stereocenters. The minimum atomic E-state index is -4.35. The van der Waals surface area contributed by atoms with Crippen LogP contribution in [0.5, 0.6) is 0 Å². The van der Waals surface area contributed by atoms with Gasteiger partial charge in [-0.3, -0.25) is 0 Å². The molecule has 0 aromatic rings. The molecule has 0 unspecified atom stereocenters. The second kappa shape index (κ2) is 4.18. The minimum Gasteiger partial charge on any atom is -0.499 e. The number of allylic oxidation sites excluding steroid dienone is 1. The second-order valence-electron chi connectivity index (χ2n) is 2.25. The highest BCUT2D eigenvalue weighted by Crippen LogP contribution is 2.28. The zero-order valence-electron chi connectivity index (χ0n) is 6.87. The van der Waals surface area contributed by atoms with E-state index >= 15 is 0 Å². The van der Waals surface area contributed by atoms with Crippen LogP contribution in [-0.4, -0.2) is 12.8 Å². The summed E-state index contributed by atoms with van der Waals surface area (Å²) in [7, 11) is 0. The van der Waals surface area contributed by atoms with E-state index in [4.69, 9.17) is 4.74 Å². The third-order valence-electron chi connectivity index (χ3n) is 1.16. The number of alkyl halides is 3. The normalized spacial score (nSPS) is 11.0. The number of halogens is 3. The maximum Gasteiger partial charge on any atom is 0.412 e. The topological polar surface area (TPSA) is 9.23 Å². The van der Waals surface area contributed by atoms with Crippen molar-refractivity contribution in [3.63, 3.8) is 0 Å². The van der Waals surface area contributed by atoms with Gasteiger partial charge in [-0.15, -0.1) is 0 Å². The molecule has 0 heterocycles. The van der Waals surface area contributed by atoms with E-state index in [1.807, 2.05) is 0 Å². The van der Waals surface area contributed by atoms with E-state index in [1.165, 1.54) is 0 Å². The van der Waals surface area contributed by atoms with Gasteiger partial charge in [0.15, 0.2) is 0 Å². The van der Waals surface area contributed by atoms with Crippen LogP contribution in [-0.2, 0) is 4.74 Å². The molecule has 0 radical (unpaired) electrons. The van der Waals surface area contributed by atoms with Crippen LogP contribution in [0.3, 0.4) is 0 Å². The monoisotopic (exact) mass is 180 g/mol. The molecule has 12 heavy (non-hydrogen) atoms. The molecule has 0 N–H and O–H groups in total. The van der Waals surface area contributed by atoms with Crippen LogP contribution in [0, 0.1) is 0 Å². The molecular formula is C8H11F3O. The van der Waals surface area contributed by atoms with Gasteiger partial charge in [-0.1, -0.05) is 13.2 Å². The maximum atomic E-state index is 11.9. The number of hydrogen-bond acceptors (Lipinski definition) is 1. The molecule has 0 aliphatic carbocycles. The summed E-state index contributed by atoms with van der Waals surface area (Å²) >= 11 is 0. The first-order valence-electron chi connectivity index (χ1n) is 3.43. The standard InChI is InChI=1S/C8H11F3O/c1-4-12-7(3)5-6(2)8(9,10)11/h2-5H2,1H3. The van der Waals surface area contributed by atoms with Gasteiger partial charge in [-0.2, -0.15) is 13.2 Å². The Morgan fingerprint density at radius 2 is 1.83 bits per heavy atom. The second-order valence-corrected chi connectivity index (χ2v) is 2.25. The lowest BCUT2D eigenvalue weighted by atomic mass is 10.2. The fourth-order valence-electron chi connectivity index (χ4n) is 0.593. The first-order chi connectivity index (χ1) is 5.38. The maximum absolute atomic E-state index is 11.9. The summed E-state index contributed by atoms with van der Waals surface area (Å²) in [5, 5.41) is 0. The van der Waals surface area contributed by atoms with Crippen molar-refractivity contribution >= 4 is 0 Å². The SMILES string of the molecule is C=C(CC(=C)C(F)(F)F)OCC. The van der Waals surface area contributed by atoms with E-state index in [1.54, 1.807) is 6.92 Å². The van der Waals surface area contributed by atoms with Gasteiger partial charge in [-0.25, -0.2) is 0 Å². The van der Waals surface area contributed by atoms with Crippen molar-refractivity contribution in [2.24, 2.45) is 0 Å². The summed E-state index contributed by atoms with van der Waals surface area (Å²) in [6, 6.07) is 0. The highest BCUT2D eigenvalue weighted by Gasteiger charge is 2.31. The van der Waals surface area contributed by atoms with E-state index in [-0.39, 0.29) is 12.2 Å². The first kappa shape index (κ1) is 11.1. The van der Waals surface area contributed by atoms with E-state index in [0.717, 1.165) is 0 Å². The Labute approximate surface area is 69.5 Å². The van der Waals surface area contributed by atoms with Crippen molar-refractivity contribution in [2.45, 2.75) is 19.5 Å². The van der Waals surface area contributed by atoms with Crippen LogP contribution in [0.15, 0.2) is 24.5 Å². The molecule has 0 fully saturated rings. The van der Waals surface area contributed by atoms with Gasteiger partial charge in [0.1, 0.15) is 0 Å². The van der Waals surface area contributed by atoms with Gasteiger partial charge in [0.05, 0.1) is 12.4 Å². The molecular weight excluding hydrogens is 169 g/mol. The Hall–Kier alpha value is -0.930. The average molecular weight is 180 g/mol. The molecule has 0 spiro atoms. The Morgan fingerprint density at radius 1 is 1.33 bits per heavy atom. The van der Waals surface area contributed by atoms with Crippen molar-refractivity contribution in [3.05, 3.63) is 24.5 Å². The quantitative estimate of drug-likeness (QED) is 0.477. The minimum absolute atomic E-state index is 0.0971. The van der Waals surface area contributed by atoms with E-state index in [2.05, 4.69) is 13.2 Å². The molecule has 1 nitrogen and oxygen atoms in total. The molecule has 0 saturated carbocycles. The number of hydrogen-bond donors (Lipinski definition) is 0. The van der Waals surface area contributed by atoms with Crippen molar-refractivity contribution in [1.29, 1.82) is 0 Å². The van der Waals surface area contributed by atoms with Crippen molar-refractivity contribution in [1.82, 2.24) is 0 Å². The molecule has 0 saturated heterocycles. The van der Waals surface area contributed by atoms with Crippen LogP contribution < -0.4 is 0 Å². The third-order valence-corrected chi connectivity index (χ3v) is 1.16. The van der Waals surface area contributed by atoms with Crippen LogP contribution in [0.25, 0.3) is 0 Å². The molecule has 0 rings (SSSR count). The van der Waals surface area contributed by atoms with E-state index in [9.17, 15) is 13.2 Å². The zero-order chi connectivity index (χ0) is 9.78. The Bertz CT molecular complexity index is 181. The lowest BCUT2D eigenvalue weighted by molar-refractivity contribution is -0.0937. The molecule has 0 aromatic heterocycles. The summed E-state index contributed by atoms with van der Waals surface area (Å²) in [5.74, 6) is 0.0971. The third kappa shape index (κ3) is 4.05. The fourth-order valence-corrected chi connectivity index (χ4v) is 0.593. The van der Waals surface area contributed by atoms with Crippen molar-refractivity contribution in [2.75, 3.05) is 6.61 Å². The van der Waals surface area contributed by atoms with E-state index < -0.39 is 11.7 Å². The largest absolute Gasteiger partial charge is 0.499 e. The molecule has 0 aliphatic heterocycles. The van der Waals surface area contributed by atoms with Crippen molar-refractivity contribution < 1.29 is 17.9 Å². The average Bonchev–Trinajstić information content (AvgIpc) is 1.85. The van der Waals surface area contributed by atoms with Gasteiger partial charge in [0, 0.05) is 12.0 Å². The molecule has 0 aliphatic rings. The Kier molecular flexibility index (Phi) is 3.86. The van der Waals surface area contributed by atoms with Crippen LogP contribution >= 0.6 is 0 Å². The van der Waals surface area contributed by atoms with Gasteiger partial charge in [-0.05, 0) is 6.92 Å². The number of rotatable bonds is 4. The summed E-state index contributed by atoms with van der Waals surface area (Å²) in [6.07, 6.45) is -4.70. The predicted molar refractivity (Wildman–Crippen MR) is 40.6 cm³/mol. The smallest absolute Gasteiger partial charge is 0.412 e. The van der Waals surface area contributed by atoms with E-state index in [0.29, 0.717) is 6.61 Å².